The maximum Gasteiger partial charge on any atom is 0.326 e. The van der Waals surface area contributed by atoms with Gasteiger partial charge in [-0.15, -0.1) is 0 Å². The van der Waals surface area contributed by atoms with Gasteiger partial charge in [0, 0.05) is 12.1 Å². The summed E-state index contributed by atoms with van der Waals surface area (Å²) in [6.45, 7) is -0.743. The summed E-state index contributed by atoms with van der Waals surface area (Å²) in [6.07, 6.45) is 0. The van der Waals surface area contributed by atoms with Crippen LogP contribution >= 0.6 is 0 Å². The average molecular weight is 419 g/mol. The number of nitrogens with one attached hydrogen (secondary N) is 2. The van der Waals surface area contributed by atoms with Gasteiger partial charge < -0.3 is 5.11 Å². The minimum absolute atomic E-state index is 0.315. The van der Waals surface area contributed by atoms with Gasteiger partial charge in [-0.05, 0) is 24.3 Å². The summed E-state index contributed by atoms with van der Waals surface area (Å²) >= 11 is 0. The molecule has 0 aromatic heterocycles. The van der Waals surface area contributed by atoms with E-state index >= 15 is 0 Å². The highest BCUT2D eigenvalue weighted by Crippen LogP contribution is 2.36. The summed E-state index contributed by atoms with van der Waals surface area (Å²) in [7, 11) is -8.59. The van der Waals surface area contributed by atoms with E-state index in [0.29, 0.717) is 10.4 Å². The molecule has 27 heavy (non-hydrogen) atoms. The lowest BCUT2D eigenvalue weighted by molar-refractivity contribution is -0.117. The molecule has 1 aliphatic rings. The number of amides is 1. The molecule has 0 saturated carbocycles. The summed E-state index contributed by atoms with van der Waals surface area (Å²) in [4.78, 5) is 10.9. The van der Waals surface area contributed by atoms with Gasteiger partial charge >= 0.3 is 10.2 Å². The van der Waals surface area contributed by atoms with Crippen LogP contribution in [0.25, 0.3) is 0 Å². The fourth-order valence-electron chi connectivity index (χ4n) is 2.36. The Hall–Kier alpha value is -2.93. The number of phenols is 1. The van der Waals surface area contributed by atoms with Crippen LogP contribution in [-0.2, 0) is 25.0 Å². The summed E-state index contributed by atoms with van der Waals surface area (Å²) < 4.78 is 79.2. The number of nitrogens with zero attached hydrogens (tertiary/aromatic N) is 1. The highest BCUT2D eigenvalue weighted by Gasteiger charge is 2.37. The molecule has 3 rings (SSSR count). The zero-order valence-corrected chi connectivity index (χ0v) is 14.8. The van der Waals surface area contributed by atoms with E-state index in [1.54, 1.807) is 4.72 Å². The van der Waals surface area contributed by atoms with E-state index in [-0.39, 0.29) is 4.90 Å². The number of phenolic OH excluding ortho intramolecular Hbond substituents is 1. The van der Waals surface area contributed by atoms with Gasteiger partial charge in [-0.1, -0.05) is 0 Å². The van der Waals surface area contributed by atoms with Crippen LogP contribution in [0, 0.1) is 11.6 Å². The lowest BCUT2D eigenvalue weighted by atomic mass is 10.2. The molecule has 0 aliphatic carbocycles. The number of carbonyl (C=O) groups excluding carboxylic acids is 1. The van der Waals surface area contributed by atoms with Crippen molar-refractivity contribution in [1.29, 1.82) is 0 Å². The van der Waals surface area contributed by atoms with Gasteiger partial charge in [0.05, 0.1) is 10.6 Å². The third-order valence-corrected chi connectivity index (χ3v) is 6.26. The highest BCUT2D eigenvalue weighted by atomic mass is 32.2. The first-order valence-electron chi connectivity index (χ1n) is 7.14. The number of aromatic hydroxyl groups is 1. The number of sulfonamides is 1. The van der Waals surface area contributed by atoms with E-state index in [1.807, 2.05) is 4.72 Å². The largest absolute Gasteiger partial charge is 0.506 e. The Morgan fingerprint density at radius 1 is 1.15 bits per heavy atom. The molecule has 0 unspecified atom stereocenters. The Balaban J connectivity index is 1.96. The van der Waals surface area contributed by atoms with Gasteiger partial charge in [-0.2, -0.15) is 8.42 Å². The monoisotopic (exact) mass is 419 g/mol. The fourth-order valence-corrected chi connectivity index (χ4v) is 4.58. The summed E-state index contributed by atoms with van der Waals surface area (Å²) in [5, 5.41) is 9.99. The highest BCUT2D eigenvalue weighted by molar-refractivity contribution is 7.92. The zero-order valence-electron chi connectivity index (χ0n) is 13.2. The molecule has 13 heteroatoms. The van der Waals surface area contributed by atoms with Crippen LogP contribution in [0.15, 0.2) is 41.3 Å². The summed E-state index contributed by atoms with van der Waals surface area (Å²) in [6, 6.07) is 5.20. The number of hydrogen-bond donors (Lipinski definition) is 3. The van der Waals surface area contributed by atoms with Crippen molar-refractivity contribution in [2.75, 3.05) is 15.6 Å². The average Bonchev–Trinajstić information content (AvgIpc) is 2.79. The van der Waals surface area contributed by atoms with Crippen molar-refractivity contribution in [1.82, 2.24) is 4.72 Å². The molecular formula is C14H11F2N3O6S2. The van der Waals surface area contributed by atoms with Gasteiger partial charge in [0.2, 0.25) is 0 Å². The van der Waals surface area contributed by atoms with E-state index in [1.165, 1.54) is 0 Å². The van der Waals surface area contributed by atoms with E-state index in [4.69, 9.17) is 0 Å². The number of carbonyl (C=O) groups is 1. The lowest BCUT2D eigenvalue weighted by Crippen LogP contribution is -2.30. The molecular weight excluding hydrogens is 408 g/mol. The number of hydrogen-bond acceptors (Lipinski definition) is 6. The molecule has 1 fully saturated rings. The first kappa shape index (κ1) is 18.8. The van der Waals surface area contributed by atoms with E-state index in [9.17, 15) is 35.5 Å². The van der Waals surface area contributed by atoms with E-state index in [2.05, 4.69) is 0 Å². The number of rotatable bonds is 4. The molecule has 1 saturated heterocycles. The maximum atomic E-state index is 14.4. The Labute approximate surface area is 152 Å². The van der Waals surface area contributed by atoms with Crippen LogP contribution < -0.4 is 13.7 Å². The molecule has 1 aliphatic heterocycles. The van der Waals surface area contributed by atoms with Crippen LogP contribution in [0.5, 0.6) is 5.75 Å². The van der Waals surface area contributed by atoms with Crippen LogP contribution in [0.1, 0.15) is 0 Å². The smallest absolute Gasteiger partial charge is 0.326 e. The van der Waals surface area contributed by atoms with E-state index in [0.717, 1.165) is 30.3 Å². The maximum absolute atomic E-state index is 14.4. The fraction of sp³-hybridized carbons (Fsp3) is 0.0714. The van der Waals surface area contributed by atoms with Crippen molar-refractivity contribution in [2.24, 2.45) is 0 Å². The van der Waals surface area contributed by atoms with Crippen molar-refractivity contribution in [3.05, 3.63) is 48.0 Å². The molecule has 2 aromatic rings. The second kappa shape index (κ2) is 6.35. The van der Waals surface area contributed by atoms with Crippen LogP contribution in [0.3, 0.4) is 0 Å². The molecule has 144 valence electrons. The first-order valence-corrected chi connectivity index (χ1v) is 10.1. The molecule has 2 aromatic carbocycles. The molecule has 9 nitrogen and oxygen atoms in total. The van der Waals surface area contributed by atoms with Gasteiger partial charge in [0.1, 0.15) is 23.8 Å². The summed E-state index contributed by atoms with van der Waals surface area (Å²) in [5.74, 6) is -3.77. The normalized spacial score (nSPS) is 16.2. The molecule has 0 atom stereocenters. The topological polar surface area (TPSA) is 133 Å². The number of benzene rings is 2. The first-order chi connectivity index (χ1) is 12.5. The van der Waals surface area contributed by atoms with Gasteiger partial charge in [0.15, 0.2) is 5.82 Å². The number of halogens is 2. The van der Waals surface area contributed by atoms with Crippen LogP contribution in [0.4, 0.5) is 20.2 Å². The lowest BCUT2D eigenvalue weighted by Gasteiger charge is -2.18. The van der Waals surface area contributed by atoms with Gasteiger partial charge in [-0.3, -0.25) is 9.52 Å². The Morgan fingerprint density at radius 3 is 2.30 bits per heavy atom. The minimum atomic E-state index is -4.37. The van der Waals surface area contributed by atoms with Crippen molar-refractivity contribution in [3.8, 4) is 5.75 Å². The predicted molar refractivity (Wildman–Crippen MR) is 89.7 cm³/mol. The van der Waals surface area contributed by atoms with E-state index < -0.39 is 61.4 Å². The SMILES string of the molecule is O=C1CN(c2c(O)cc(NS(=O)(=O)c3ccc(F)cc3)cc2F)S(=O)(=O)N1. The quantitative estimate of drug-likeness (QED) is 0.667. The molecule has 3 N–H and O–H groups in total. The Morgan fingerprint density at radius 2 is 1.78 bits per heavy atom. The van der Waals surface area contributed by atoms with Gasteiger partial charge in [-0.25, -0.2) is 26.2 Å². The third kappa shape index (κ3) is 3.64. The molecule has 1 heterocycles. The van der Waals surface area contributed by atoms with Crippen molar-refractivity contribution < 1.29 is 35.5 Å². The van der Waals surface area contributed by atoms with Gasteiger partial charge in [0.25, 0.3) is 15.9 Å². The molecule has 0 spiro atoms. The van der Waals surface area contributed by atoms with Crippen molar-refractivity contribution in [2.45, 2.75) is 4.90 Å². The van der Waals surface area contributed by atoms with Crippen LogP contribution in [-0.4, -0.2) is 34.4 Å². The summed E-state index contributed by atoms with van der Waals surface area (Å²) in [5.41, 5.74) is -1.22. The Bertz CT molecular complexity index is 1110. The standard InChI is InChI=1S/C14H11F2N3O6S2/c15-8-1-3-10(4-2-8)26(22,23)17-9-5-11(16)14(12(20)6-9)19-7-13(21)18-27(19,24)25/h1-6,17,20H,7H2,(H,18,21). The second-order valence-electron chi connectivity index (χ2n) is 5.42. The van der Waals surface area contributed by atoms with Crippen LogP contribution in [0.2, 0.25) is 0 Å². The zero-order chi connectivity index (χ0) is 20.0. The van der Waals surface area contributed by atoms with Crippen molar-refractivity contribution >= 4 is 37.5 Å². The Kier molecular flexibility index (Phi) is 4.43. The minimum Gasteiger partial charge on any atom is -0.506 e. The second-order valence-corrected chi connectivity index (χ2v) is 8.70. The molecule has 0 radical (unpaired) electrons. The molecule has 1 amide bonds. The van der Waals surface area contributed by atoms with Crippen molar-refractivity contribution in [3.63, 3.8) is 0 Å². The molecule has 0 bridgehead atoms. The number of anilines is 2. The predicted octanol–water partition coefficient (Wildman–Crippen LogP) is 0.652. The third-order valence-electron chi connectivity index (χ3n) is 3.49.